The number of nitrogens with one attached hydrogen (secondary N) is 1. The van der Waals surface area contributed by atoms with Crippen molar-refractivity contribution >= 4 is 33.8 Å². The lowest BCUT2D eigenvalue weighted by molar-refractivity contribution is -0.114. The number of rotatable bonds is 7. The lowest BCUT2D eigenvalue weighted by Gasteiger charge is -2.18. The molecule has 0 bridgehead atoms. The maximum atomic E-state index is 13.6. The summed E-state index contributed by atoms with van der Waals surface area (Å²) in [5, 5.41) is 7.65. The Hall–Kier alpha value is -3.34. The molecule has 32 heavy (non-hydrogen) atoms. The molecule has 1 atom stereocenters. The van der Waals surface area contributed by atoms with Gasteiger partial charge >= 0.3 is 0 Å². The van der Waals surface area contributed by atoms with E-state index in [0.29, 0.717) is 33.9 Å². The molecule has 9 nitrogen and oxygen atoms in total. The minimum Gasteiger partial charge on any atom is -0.492 e. The van der Waals surface area contributed by atoms with Gasteiger partial charge in [-0.3, -0.25) is 4.79 Å². The zero-order chi connectivity index (χ0) is 22.7. The summed E-state index contributed by atoms with van der Waals surface area (Å²) in [6.45, 7) is 0.0543. The maximum absolute atomic E-state index is 13.6. The Kier molecular flexibility index (Phi) is 6.45. The van der Waals surface area contributed by atoms with E-state index in [-0.39, 0.29) is 24.5 Å². The van der Waals surface area contributed by atoms with Gasteiger partial charge in [0.1, 0.15) is 17.6 Å². The molecule has 0 aromatic heterocycles. The largest absolute Gasteiger partial charge is 0.492 e. The van der Waals surface area contributed by atoms with E-state index in [4.69, 9.17) is 23.8 Å². The molecule has 0 unspecified atom stereocenters. The van der Waals surface area contributed by atoms with E-state index in [9.17, 15) is 9.18 Å². The molecule has 1 amide bonds. The molecule has 11 heteroatoms. The molecule has 2 aromatic carbocycles. The van der Waals surface area contributed by atoms with E-state index >= 15 is 0 Å². The smallest absolute Gasteiger partial charge is 0.289 e. The summed E-state index contributed by atoms with van der Waals surface area (Å²) in [6, 6.07) is 6.09. The highest BCUT2D eigenvalue weighted by Crippen LogP contribution is 2.54. The predicted octanol–water partition coefficient (Wildman–Crippen LogP) is 3.17. The summed E-state index contributed by atoms with van der Waals surface area (Å²) in [7, 11) is 3.05. The Bertz CT molecular complexity index is 1110. The van der Waals surface area contributed by atoms with Gasteiger partial charge in [-0.2, -0.15) is 5.10 Å². The van der Waals surface area contributed by atoms with Gasteiger partial charge in [0.25, 0.3) is 5.91 Å². The number of amides is 1. The first-order valence-electron chi connectivity index (χ1n) is 9.56. The Morgan fingerprint density at radius 2 is 2.00 bits per heavy atom. The van der Waals surface area contributed by atoms with Crippen molar-refractivity contribution in [3.8, 4) is 23.0 Å². The third kappa shape index (κ3) is 4.20. The van der Waals surface area contributed by atoms with Gasteiger partial charge in [0, 0.05) is 24.0 Å². The van der Waals surface area contributed by atoms with Crippen LogP contribution in [-0.2, 0) is 16.1 Å². The highest BCUT2D eigenvalue weighted by Gasteiger charge is 2.34. The van der Waals surface area contributed by atoms with Crippen molar-refractivity contribution in [2.24, 2.45) is 10.3 Å². The van der Waals surface area contributed by atoms with Crippen LogP contribution in [0, 0.1) is 5.82 Å². The highest BCUT2D eigenvalue weighted by atomic mass is 79.9. The summed E-state index contributed by atoms with van der Waals surface area (Å²) in [5.74, 6) is 0.896. The molecule has 0 saturated carbocycles. The molecule has 0 aliphatic carbocycles. The minimum absolute atomic E-state index is 0.0543. The van der Waals surface area contributed by atoms with Crippen LogP contribution < -0.4 is 24.4 Å². The van der Waals surface area contributed by atoms with Gasteiger partial charge in [0.15, 0.2) is 11.5 Å². The molecular formula is C21H19BrFN3O6. The third-order valence-corrected chi connectivity index (χ3v) is 5.71. The molecule has 2 aliphatic rings. The van der Waals surface area contributed by atoms with Crippen LogP contribution in [0.1, 0.15) is 17.5 Å². The van der Waals surface area contributed by atoms with Gasteiger partial charge in [-0.1, -0.05) is 23.4 Å². The SMILES string of the molecule is COc1c(Br)c(C[C@@H]2CC(C(=O)N/N=C/c3ccccc3F)=NO2)c(OC)c2c1OCO2. The van der Waals surface area contributed by atoms with Crippen molar-refractivity contribution in [3.63, 3.8) is 0 Å². The summed E-state index contributed by atoms with van der Waals surface area (Å²) in [6.07, 6.45) is 1.40. The Labute approximate surface area is 191 Å². The van der Waals surface area contributed by atoms with Crippen molar-refractivity contribution < 1.29 is 33.0 Å². The highest BCUT2D eigenvalue weighted by molar-refractivity contribution is 9.10. The molecule has 1 N–H and O–H groups in total. The zero-order valence-corrected chi connectivity index (χ0v) is 18.8. The second-order valence-corrected chi connectivity index (χ2v) is 7.61. The Morgan fingerprint density at radius 1 is 1.28 bits per heavy atom. The van der Waals surface area contributed by atoms with Crippen LogP contribution in [0.4, 0.5) is 4.39 Å². The van der Waals surface area contributed by atoms with E-state index < -0.39 is 17.8 Å². The predicted molar refractivity (Wildman–Crippen MR) is 116 cm³/mol. The number of hydrazone groups is 1. The topological polar surface area (TPSA) is 100.0 Å². The number of hydrogen-bond donors (Lipinski definition) is 1. The van der Waals surface area contributed by atoms with Gasteiger partial charge in [-0.15, -0.1) is 0 Å². The number of benzene rings is 2. The number of hydrogen-bond acceptors (Lipinski definition) is 8. The number of fused-ring (bicyclic) bond motifs is 1. The second kappa shape index (κ2) is 9.43. The zero-order valence-electron chi connectivity index (χ0n) is 17.2. The van der Waals surface area contributed by atoms with Gasteiger partial charge in [0.2, 0.25) is 18.3 Å². The monoisotopic (exact) mass is 507 g/mol. The number of carbonyl (C=O) groups excluding carboxylic acids is 1. The third-order valence-electron chi connectivity index (χ3n) is 4.87. The molecule has 168 valence electrons. The molecule has 4 rings (SSSR count). The summed E-state index contributed by atoms with van der Waals surface area (Å²) < 4.78 is 36.3. The number of carbonyl (C=O) groups is 1. The van der Waals surface area contributed by atoms with E-state index in [2.05, 4.69) is 31.6 Å². The first-order chi connectivity index (χ1) is 15.5. The molecule has 0 spiro atoms. The van der Waals surface area contributed by atoms with Crippen LogP contribution in [-0.4, -0.2) is 44.9 Å². The van der Waals surface area contributed by atoms with Crippen LogP contribution in [0.5, 0.6) is 23.0 Å². The lowest BCUT2D eigenvalue weighted by Crippen LogP contribution is -2.27. The summed E-state index contributed by atoms with van der Waals surface area (Å²) in [4.78, 5) is 17.8. The van der Waals surface area contributed by atoms with E-state index in [0.717, 1.165) is 5.56 Å². The molecule has 2 aliphatic heterocycles. The Balaban J connectivity index is 1.43. The maximum Gasteiger partial charge on any atom is 0.289 e. The summed E-state index contributed by atoms with van der Waals surface area (Å²) >= 11 is 3.54. The fourth-order valence-electron chi connectivity index (χ4n) is 3.37. The van der Waals surface area contributed by atoms with Crippen LogP contribution >= 0.6 is 15.9 Å². The van der Waals surface area contributed by atoms with Gasteiger partial charge in [-0.25, -0.2) is 9.82 Å². The second-order valence-electron chi connectivity index (χ2n) is 6.82. The summed E-state index contributed by atoms with van der Waals surface area (Å²) in [5.41, 5.74) is 3.49. The van der Waals surface area contributed by atoms with Crippen molar-refractivity contribution in [3.05, 3.63) is 45.7 Å². The van der Waals surface area contributed by atoms with Crippen LogP contribution in [0.3, 0.4) is 0 Å². The van der Waals surface area contributed by atoms with Gasteiger partial charge in [0.05, 0.1) is 24.9 Å². The van der Waals surface area contributed by atoms with E-state index in [1.165, 1.54) is 26.5 Å². The van der Waals surface area contributed by atoms with Crippen LogP contribution in [0.15, 0.2) is 39.0 Å². The molecule has 2 heterocycles. The molecule has 0 fully saturated rings. The number of halogens is 2. The first-order valence-corrected chi connectivity index (χ1v) is 10.3. The van der Waals surface area contributed by atoms with Gasteiger partial charge < -0.3 is 23.8 Å². The van der Waals surface area contributed by atoms with Crippen LogP contribution in [0.2, 0.25) is 0 Å². The van der Waals surface area contributed by atoms with Crippen molar-refractivity contribution in [2.75, 3.05) is 21.0 Å². The van der Waals surface area contributed by atoms with Gasteiger partial charge in [-0.05, 0) is 22.0 Å². The normalized spacial score (nSPS) is 16.6. The minimum atomic E-state index is -0.533. The van der Waals surface area contributed by atoms with Crippen molar-refractivity contribution in [1.82, 2.24) is 5.43 Å². The number of oxime groups is 1. The molecular weight excluding hydrogens is 489 g/mol. The van der Waals surface area contributed by atoms with E-state index in [1.807, 2.05) is 0 Å². The van der Waals surface area contributed by atoms with Crippen molar-refractivity contribution in [1.29, 1.82) is 0 Å². The first kappa shape index (κ1) is 21.9. The molecule has 2 aromatic rings. The van der Waals surface area contributed by atoms with E-state index in [1.54, 1.807) is 18.2 Å². The molecule has 0 radical (unpaired) electrons. The average molecular weight is 508 g/mol. The molecule has 0 saturated heterocycles. The van der Waals surface area contributed by atoms with Crippen molar-refractivity contribution in [2.45, 2.75) is 18.9 Å². The number of ether oxygens (including phenoxy) is 4. The number of nitrogens with zero attached hydrogens (tertiary/aromatic N) is 2. The Morgan fingerprint density at radius 3 is 2.72 bits per heavy atom. The quantitative estimate of drug-likeness (QED) is 0.456. The number of methoxy groups -OCH3 is 2. The fourth-order valence-corrected chi connectivity index (χ4v) is 4.06. The lowest BCUT2D eigenvalue weighted by atomic mass is 10.0. The van der Waals surface area contributed by atoms with Crippen LogP contribution in [0.25, 0.3) is 0 Å². The standard InChI is InChI=1S/C21H19BrFN3O6/c1-28-17-13(16(22)18(29-2)20-19(17)30-10-31-20)7-12-8-15(26-32-12)21(27)25-24-9-11-5-3-4-6-14(11)23/h3-6,9,12H,7-8,10H2,1-2H3,(H,25,27)/b24-9+/t12-/m1/s1. The average Bonchev–Trinajstić information content (AvgIpc) is 3.46. The fraction of sp³-hybridized carbons (Fsp3) is 0.286.